The first kappa shape index (κ1) is 38.3. The zero-order chi connectivity index (χ0) is 34.6. The van der Waals surface area contributed by atoms with Gasteiger partial charge in [0.1, 0.15) is 11.9 Å². The summed E-state index contributed by atoms with van der Waals surface area (Å²) in [5, 5.41) is 15.2. The fourth-order valence-electron chi connectivity index (χ4n) is 6.65. The molecule has 3 atom stereocenters. The van der Waals surface area contributed by atoms with Crippen molar-refractivity contribution in [2.24, 2.45) is 10.7 Å². The predicted molar refractivity (Wildman–Crippen MR) is 190 cm³/mol. The molecule has 9 heteroatoms. The minimum Gasteiger partial charge on any atom is -0.388 e. The summed E-state index contributed by atoms with van der Waals surface area (Å²) < 4.78 is 0. The number of hydrogen-bond donors (Lipinski definition) is 3. The Morgan fingerprint density at radius 1 is 1.28 bits per heavy atom. The molecule has 1 heterocycles. The van der Waals surface area contributed by atoms with Crippen LogP contribution in [0.5, 0.6) is 0 Å². The zero-order valence-corrected chi connectivity index (χ0v) is 29.7. The summed E-state index contributed by atoms with van der Waals surface area (Å²) >= 11 is 0. The van der Waals surface area contributed by atoms with E-state index in [1.165, 1.54) is 16.7 Å². The number of aryl methyl sites for hydroxylation is 1. The quantitative estimate of drug-likeness (QED) is 0.125. The summed E-state index contributed by atoms with van der Waals surface area (Å²) in [4.78, 5) is 31.2. The van der Waals surface area contributed by atoms with Crippen LogP contribution in [0.25, 0.3) is 0 Å². The van der Waals surface area contributed by atoms with Gasteiger partial charge in [0.05, 0.1) is 11.5 Å². The van der Waals surface area contributed by atoms with Crippen molar-refractivity contribution in [3.8, 4) is 6.07 Å². The molecule has 1 fully saturated rings. The number of nitrogens with two attached hydrogens (primary N) is 1. The first-order valence-corrected chi connectivity index (χ1v) is 16.6. The predicted octanol–water partition coefficient (Wildman–Crippen LogP) is 5.24. The lowest BCUT2D eigenvalue weighted by atomic mass is 9.66. The van der Waals surface area contributed by atoms with Gasteiger partial charge in [0.15, 0.2) is 0 Å². The minimum absolute atomic E-state index is 0.00689. The van der Waals surface area contributed by atoms with Gasteiger partial charge in [-0.05, 0) is 113 Å². The number of nitrogens with one attached hydrogen (secondary N) is 2. The Balaban J connectivity index is 0.000000700. The highest BCUT2D eigenvalue weighted by Gasteiger charge is 2.44. The molecule has 2 amide bonds. The van der Waals surface area contributed by atoms with Crippen molar-refractivity contribution in [1.82, 2.24) is 20.4 Å². The number of nitriles is 1. The Labute approximate surface area is 277 Å². The molecule has 0 saturated carbocycles. The van der Waals surface area contributed by atoms with Crippen molar-refractivity contribution in [3.63, 3.8) is 0 Å². The molecule has 2 unspecified atom stereocenters. The molecule has 0 aromatic heterocycles. The molecular formula is C37H57N7O2. The molecule has 252 valence electrons. The van der Waals surface area contributed by atoms with Crippen molar-refractivity contribution < 1.29 is 9.59 Å². The van der Waals surface area contributed by atoms with E-state index in [0.717, 1.165) is 74.9 Å². The number of aliphatic imine (C=N–C) groups is 1. The fraction of sp³-hybridized carbons (Fsp3) is 0.568. The third kappa shape index (κ3) is 9.10. The fourth-order valence-corrected chi connectivity index (χ4v) is 6.65. The van der Waals surface area contributed by atoms with Crippen LogP contribution in [0.4, 0.5) is 0 Å². The Morgan fingerprint density at radius 2 is 1.98 bits per heavy atom. The van der Waals surface area contributed by atoms with Gasteiger partial charge < -0.3 is 26.2 Å². The molecule has 9 nitrogen and oxygen atoms in total. The van der Waals surface area contributed by atoms with E-state index >= 15 is 0 Å². The highest BCUT2D eigenvalue weighted by atomic mass is 16.2. The first-order valence-electron chi connectivity index (χ1n) is 16.6. The molecular weight excluding hydrogens is 574 g/mol. The average molecular weight is 632 g/mol. The van der Waals surface area contributed by atoms with Crippen molar-refractivity contribution in [2.45, 2.75) is 104 Å². The largest absolute Gasteiger partial charge is 0.388 e. The molecule has 46 heavy (non-hydrogen) atoms. The van der Waals surface area contributed by atoms with Crippen LogP contribution in [-0.4, -0.2) is 80.3 Å². The number of nitrogens with zero attached hydrogens (tertiary/aromatic N) is 4. The molecule has 3 rings (SSSR count). The monoisotopic (exact) mass is 631 g/mol. The SMILES string of the molecule is C=C(NC)/C(C)=C/C1=C(CC)C(C[C@@H](C)NCC)(C(N)=NC(C)C)c2ccc(C(=O)N(C)C)cc2CC1.N#CC1CCCN1C=O. The summed E-state index contributed by atoms with van der Waals surface area (Å²) in [6, 6.07) is 8.35. The van der Waals surface area contributed by atoms with Crippen LogP contribution in [0.15, 0.2) is 58.3 Å². The van der Waals surface area contributed by atoms with Crippen LogP contribution in [-0.2, 0) is 16.6 Å². The van der Waals surface area contributed by atoms with Gasteiger partial charge >= 0.3 is 0 Å². The second kappa shape index (κ2) is 17.7. The summed E-state index contributed by atoms with van der Waals surface area (Å²) in [5.41, 5.74) is 14.1. The van der Waals surface area contributed by atoms with Crippen LogP contribution in [0.2, 0.25) is 0 Å². The molecule has 1 aromatic rings. The van der Waals surface area contributed by atoms with Crippen LogP contribution in [0, 0.1) is 11.3 Å². The molecule has 1 aliphatic carbocycles. The van der Waals surface area contributed by atoms with E-state index in [-0.39, 0.29) is 24.0 Å². The maximum absolute atomic E-state index is 12.9. The number of likely N-dealkylation sites (N-methyl/N-ethyl adjacent to an activating group) is 1. The van der Waals surface area contributed by atoms with E-state index in [0.29, 0.717) is 11.4 Å². The highest BCUT2D eigenvalue weighted by Crippen LogP contribution is 2.46. The second-order valence-electron chi connectivity index (χ2n) is 12.8. The number of amidine groups is 1. The van der Waals surface area contributed by atoms with Gasteiger partial charge in [0.25, 0.3) is 5.91 Å². The van der Waals surface area contributed by atoms with Gasteiger partial charge in [0, 0.05) is 51.0 Å². The number of benzene rings is 1. The highest BCUT2D eigenvalue weighted by molar-refractivity contribution is 5.98. The lowest BCUT2D eigenvalue weighted by Gasteiger charge is -2.40. The van der Waals surface area contributed by atoms with E-state index < -0.39 is 5.41 Å². The molecule has 1 saturated heterocycles. The van der Waals surface area contributed by atoms with Crippen molar-refractivity contribution in [3.05, 3.63) is 70.0 Å². The molecule has 0 radical (unpaired) electrons. The van der Waals surface area contributed by atoms with Crippen molar-refractivity contribution >= 4 is 18.2 Å². The number of carbonyl (C=O) groups excluding carboxylic acids is 2. The molecule has 0 spiro atoms. The summed E-state index contributed by atoms with van der Waals surface area (Å²) in [6.45, 7) is 18.6. The van der Waals surface area contributed by atoms with E-state index in [4.69, 9.17) is 16.0 Å². The van der Waals surface area contributed by atoms with Gasteiger partial charge in [-0.25, -0.2) is 0 Å². The van der Waals surface area contributed by atoms with E-state index in [2.05, 4.69) is 83.0 Å². The second-order valence-corrected chi connectivity index (χ2v) is 12.8. The standard InChI is InChI=1S/C31H49N5O.C6H8N2O/c1-11-27-24(17-21(5)23(7)33-8)13-14-25-18-26(29(37)36(9)10)15-16-28(25)31(27,19-22(6)34-12-2)30(32)35-20(3)4;7-4-6-2-1-3-8(6)5-9/h15-18,20,22,33-34H,7,11-14,19H2,1-6,8-10H3,(H2,32,35);5-6H,1-3H2/b21-17+;/t22-,31?;/m1./s1. The Morgan fingerprint density at radius 3 is 2.50 bits per heavy atom. The number of carbonyl (C=O) groups is 2. The Hall–Kier alpha value is -3.90. The average Bonchev–Trinajstić information content (AvgIpc) is 3.45. The normalized spacial score (nSPS) is 20.6. The van der Waals surface area contributed by atoms with Gasteiger partial charge in [-0.2, -0.15) is 5.26 Å². The third-order valence-electron chi connectivity index (χ3n) is 8.88. The summed E-state index contributed by atoms with van der Waals surface area (Å²) in [5.74, 6) is 0.655. The number of rotatable bonds is 12. The smallest absolute Gasteiger partial charge is 0.253 e. The lowest BCUT2D eigenvalue weighted by Crippen LogP contribution is -2.48. The van der Waals surface area contributed by atoms with Gasteiger partial charge in [-0.3, -0.25) is 14.6 Å². The minimum atomic E-state index is -0.584. The van der Waals surface area contributed by atoms with Crippen LogP contribution >= 0.6 is 0 Å². The topological polar surface area (TPSA) is 127 Å². The number of hydrogen-bond acceptors (Lipinski definition) is 6. The van der Waals surface area contributed by atoms with Crippen LogP contribution in [0.1, 0.15) is 95.1 Å². The number of allylic oxidation sites excluding steroid dienone is 3. The molecule has 2 aliphatic rings. The first-order chi connectivity index (χ1) is 21.8. The van der Waals surface area contributed by atoms with Crippen molar-refractivity contribution in [2.75, 3.05) is 34.2 Å². The lowest BCUT2D eigenvalue weighted by molar-refractivity contribution is -0.118. The van der Waals surface area contributed by atoms with Gasteiger partial charge in [-0.1, -0.05) is 32.6 Å². The van der Waals surface area contributed by atoms with Gasteiger partial charge in [-0.15, -0.1) is 0 Å². The number of amides is 2. The number of likely N-dealkylation sites (tertiary alicyclic amines) is 1. The van der Waals surface area contributed by atoms with E-state index in [1.54, 1.807) is 23.9 Å². The van der Waals surface area contributed by atoms with Crippen molar-refractivity contribution in [1.29, 1.82) is 5.26 Å². The Bertz CT molecular complexity index is 1370. The maximum atomic E-state index is 12.9. The van der Waals surface area contributed by atoms with E-state index in [9.17, 15) is 9.59 Å². The third-order valence-corrected chi connectivity index (χ3v) is 8.88. The molecule has 1 aliphatic heterocycles. The summed E-state index contributed by atoms with van der Waals surface area (Å²) in [7, 11) is 5.48. The van der Waals surface area contributed by atoms with Crippen LogP contribution in [0.3, 0.4) is 0 Å². The van der Waals surface area contributed by atoms with Gasteiger partial charge in [0.2, 0.25) is 6.41 Å². The molecule has 0 bridgehead atoms. The Kier molecular flexibility index (Phi) is 14.7. The maximum Gasteiger partial charge on any atom is 0.253 e. The molecule has 1 aromatic carbocycles. The summed E-state index contributed by atoms with van der Waals surface area (Å²) in [6.07, 6.45) is 8.14. The zero-order valence-electron chi connectivity index (χ0n) is 29.7. The number of fused-ring (bicyclic) bond motifs is 1. The molecule has 4 N–H and O–H groups in total. The van der Waals surface area contributed by atoms with E-state index in [1.807, 2.05) is 13.1 Å². The van der Waals surface area contributed by atoms with Crippen LogP contribution < -0.4 is 16.4 Å².